The average Bonchev–Trinajstić information content (AvgIpc) is 2.80. The zero-order valence-electron chi connectivity index (χ0n) is 16.7. The number of likely N-dealkylation sites (tertiary alicyclic amines) is 1. The summed E-state index contributed by atoms with van der Waals surface area (Å²) in [6.07, 6.45) is 3.02. The summed E-state index contributed by atoms with van der Waals surface area (Å²) in [5, 5.41) is 10.1. The Hall–Kier alpha value is -2.77. The molecule has 3 aliphatic rings. The Kier molecular flexibility index (Phi) is 5.00. The van der Waals surface area contributed by atoms with E-state index in [1.807, 2.05) is 29.2 Å². The summed E-state index contributed by atoms with van der Waals surface area (Å²) in [6, 6.07) is 12.7. The van der Waals surface area contributed by atoms with Crippen molar-refractivity contribution in [3.05, 3.63) is 59.9 Å². The highest BCUT2D eigenvalue weighted by Crippen LogP contribution is 2.49. The van der Waals surface area contributed by atoms with E-state index in [0.717, 1.165) is 11.3 Å². The van der Waals surface area contributed by atoms with Gasteiger partial charge >= 0.3 is 0 Å². The molecule has 0 bridgehead atoms. The molecule has 1 N–H and O–H groups in total. The molecule has 7 heteroatoms. The molecule has 0 spiro atoms. The summed E-state index contributed by atoms with van der Waals surface area (Å²) < 4.78 is 5.41. The predicted molar refractivity (Wildman–Crippen MR) is 110 cm³/mol. The number of pyridine rings is 1. The fourth-order valence-electron chi connectivity index (χ4n) is 5.17. The first-order valence-corrected chi connectivity index (χ1v) is 10.5. The van der Waals surface area contributed by atoms with Gasteiger partial charge in [0.2, 0.25) is 5.91 Å². The molecule has 0 unspecified atom stereocenters. The third kappa shape index (κ3) is 3.00. The SMILES string of the molecule is O=C(c1ccccn1)N1C[C@@H]2[C@H](c3ccccc31)[C@H](CO)N2C(=O)C1CCOCC1. The van der Waals surface area contributed by atoms with Crippen LogP contribution in [0.2, 0.25) is 0 Å². The number of anilines is 1. The fraction of sp³-hybridized carbons (Fsp3) is 0.435. The van der Waals surface area contributed by atoms with E-state index < -0.39 is 0 Å². The number of hydrogen-bond donors (Lipinski definition) is 1. The van der Waals surface area contributed by atoms with Crippen molar-refractivity contribution in [1.82, 2.24) is 9.88 Å². The molecule has 1 aromatic carbocycles. The average molecular weight is 407 g/mol. The van der Waals surface area contributed by atoms with E-state index in [1.165, 1.54) is 0 Å². The van der Waals surface area contributed by atoms with Gasteiger partial charge in [0.05, 0.1) is 18.7 Å². The van der Waals surface area contributed by atoms with Crippen LogP contribution in [0.15, 0.2) is 48.7 Å². The predicted octanol–water partition coefficient (Wildman–Crippen LogP) is 1.82. The summed E-state index contributed by atoms with van der Waals surface area (Å²) in [6.45, 7) is 1.51. The van der Waals surface area contributed by atoms with E-state index in [4.69, 9.17) is 4.74 Å². The monoisotopic (exact) mass is 407 g/mol. The van der Waals surface area contributed by atoms with Gasteiger partial charge in [0, 0.05) is 43.5 Å². The molecule has 0 radical (unpaired) electrons. The molecule has 3 atom stereocenters. The number of benzene rings is 1. The molecule has 2 amide bonds. The highest BCUT2D eigenvalue weighted by Gasteiger charge is 2.56. The number of carbonyl (C=O) groups excluding carboxylic acids is 2. The lowest BCUT2D eigenvalue weighted by atomic mass is 9.71. The van der Waals surface area contributed by atoms with Crippen molar-refractivity contribution in [2.24, 2.45) is 5.92 Å². The first-order valence-electron chi connectivity index (χ1n) is 10.5. The molecule has 2 saturated heterocycles. The van der Waals surface area contributed by atoms with Crippen LogP contribution < -0.4 is 4.90 Å². The summed E-state index contributed by atoms with van der Waals surface area (Å²) in [5.41, 5.74) is 2.23. The topological polar surface area (TPSA) is 83.0 Å². The van der Waals surface area contributed by atoms with Crippen LogP contribution in [-0.4, -0.2) is 65.3 Å². The number of aromatic nitrogens is 1. The van der Waals surface area contributed by atoms with Gasteiger partial charge in [-0.1, -0.05) is 24.3 Å². The second-order valence-corrected chi connectivity index (χ2v) is 8.16. The molecule has 30 heavy (non-hydrogen) atoms. The Morgan fingerprint density at radius 2 is 1.87 bits per heavy atom. The number of aliphatic hydroxyl groups is 1. The number of rotatable bonds is 3. The molecule has 0 saturated carbocycles. The number of para-hydroxylation sites is 1. The van der Waals surface area contributed by atoms with E-state index in [2.05, 4.69) is 4.98 Å². The van der Waals surface area contributed by atoms with Gasteiger partial charge in [-0.05, 0) is 36.6 Å². The van der Waals surface area contributed by atoms with Gasteiger partial charge in [-0.2, -0.15) is 0 Å². The lowest BCUT2D eigenvalue weighted by Gasteiger charge is -2.59. The Morgan fingerprint density at radius 3 is 2.60 bits per heavy atom. The molecule has 3 aliphatic heterocycles. The lowest BCUT2D eigenvalue weighted by molar-refractivity contribution is -0.157. The highest BCUT2D eigenvalue weighted by atomic mass is 16.5. The van der Waals surface area contributed by atoms with E-state index in [1.54, 1.807) is 29.3 Å². The van der Waals surface area contributed by atoms with E-state index >= 15 is 0 Å². The van der Waals surface area contributed by atoms with Gasteiger partial charge in [0.25, 0.3) is 5.91 Å². The molecular formula is C23H25N3O4. The summed E-state index contributed by atoms with van der Waals surface area (Å²) in [5.74, 6) is -0.149. The maximum Gasteiger partial charge on any atom is 0.276 e. The van der Waals surface area contributed by atoms with Crippen LogP contribution in [0.4, 0.5) is 5.69 Å². The normalized spacial score (nSPS) is 25.8. The van der Waals surface area contributed by atoms with Crippen molar-refractivity contribution >= 4 is 17.5 Å². The van der Waals surface area contributed by atoms with Gasteiger partial charge in [-0.25, -0.2) is 0 Å². The molecule has 0 aliphatic carbocycles. The van der Waals surface area contributed by atoms with Crippen molar-refractivity contribution < 1.29 is 19.4 Å². The van der Waals surface area contributed by atoms with Crippen molar-refractivity contribution in [2.45, 2.75) is 30.8 Å². The third-order valence-electron chi connectivity index (χ3n) is 6.64. The summed E-state index contributed by atoms with van der Waals surface area (Å²) in [4.78, 5) is 34.4. The molecule has 1 aromatic heterocycles. The number of aliphatic hydroxyl groups excluding tert-OH is 1. The minimum atomic E-state index is -0.251. The highest BCUT2D eigenvalue weighted by molar-refractivity contribution is 6.06. The van der Waals surface area contributed by atoms with Crippen LogP contribution in [0.3, 0.4) is 0 Å². The van der Waals surface area contributed by atoms with E-state index in [0.29, 0.717) is 38.3 Å². The van der Waals surface area contributed by atoms with Crippen LogP contribution >= 0.6 is 0 Å². The Balaban J connectivity index is 1.49. The summed E-state index contributed by atoms with van der Waals surface area (Å²) >= 11 is 0. The van der Waals surface area contributed by atoms with Gasteiger partial charge in [0.15, 0.2) is 0 Å². The third-order valence-corrected chi connectivity index (χ3v) is 6.64. The smallest absolute Gasteiger partial charge is 0.276 e. The van der Waals surface area contributed by atoms with Crippen molar-refractivity contribution in [3.8, 4) is 0 Å². The molecule has 156 valence electrons. The zero-order valence-corrected chi connectivity index (χ0v) is 16.7. The second kappa shape index (κ2) is 7.81. The van der Waals surface area contributed by atoms with Crippen LogP contribution in [0.1, 0.15) is 34.8 Å². The minimum absolute atomic E-state index is 0.0303. The van der Waals surface area contributed by atoms with Crippen molar-refractivity contribution in [3.63, 3.8) is 0 Å². The summed E-state index contributed by atoms with van der Waals surface area (Å²) in [7, 11) is 0. The van der Waals surface area contributed by atoms with E-state index in [9.17, 15) is 14.7 Å². The lowest BCUT2D eigenvalue weighted by Crippen LogP contribution is -2.71. The van der Waals surface area contributed by atoms with Gasteiger partial charge in [-0.3, -0.25) is 14.6 Å². The quantitative estimate of drug-likeness (QED) is 0.839. The second-order valence-electron chi connectivity index (χ2n) is 8.16. The molecule has 2 aromatic rings. The zero-order chi connectivity index (χ0) is 20.7. The first kappa shape index (κ1) is 19.2. The Bertz CT molecular complexity index is 944. The van der Waals surface area contributed by atoms with Crippen molar-refractivity contribution in [2.75, 3.05) is 31.3 Å². The number of fused-ring (bicyclic) bond motifs is 3. The molecule has 7 nitrogen and oxygen atoms in total. The number of carbonyl (C=O) groups is 2. The standard InChI is InChI=1S/C23H25N3O4/c27-14-20-21-16-5-1-2-7-18(16)25(23(29)17-6-3-4-10-24-17)13-19(21)26(20)22(28)15-8-11-30-12-9-15/h1-7,10,15,19-21,27H,8-9,11-14H2/t19-,20+,21+/m1/s1. The molecular weight excluding hydrogens is 382 g/mol. The van der Waals surface area contributed by atoms with Crippen LogP contribution in [0.25, 0.3) is 0 Å². The molecule has 4 heterocycles. The fourth-order valence-corrected chi connectivity index (χ4v) is 5.17. The largest absolute Gasteiger partial charge is 0.394 e. The van der Waals surface area contributed by atoms with Crippen LogP contribution in [-0.2, 0) is 9.53 Å². The van der Waals surface area contributed by atoms with Crippen molar-refractivity contribution in [1.29, 1.82) is 0 Å². The minimum Gasteiger partial charge on any atom is -0.394 e. The number of ether oxygens (including phenoxy) is 1. The van der Waals surface area contributed by atoms with Gasteiger partial charge in [0.1, 0.15) is 5.69 Å². The molecule has 5 rings (SSSR count). The van der Waals surface area contributed by atoms with Crippen LogP contribution in [0, 0.1) is 5.92 Å². The first-order chi connectivity index (χ1) is 14.7. The Morgan fingerprint density at radius 1 is 1.10 bits per heavy atom. The Labute approximate surface area is 175 Å². The number of amides is 2. The van der Waals surface area contributed by atoms with E-state index in [-0.39, 0.29) is 42.3 Å². The maximum atomic E-state index is 13.3. The number of nitrogens with zero attached hydrogens (tertiary/aromatic N) is 3. The maximum absolute atomic E-state index is 13.3. The van der Waals surface area contributed by atoms with Crippen LogP contribution in [0.5, 0.6) is 0 Å². The molecule has 2 fully saturated rings. The number of hydrogen-bond acceptors (Lipinski definition) is 5. The van der Waals surface area contributed by atoms with Gasteiger partial charge < -0.3 is 19.6 Å². The van der Waals surface area contributed by atoms with Gasteiger partial charge in [-0.15, -0.1) is 0 Å².